The van der Waals surface area contributed by atoms with Crippen molar-refractivity contribution in [2.75, 3.05) is 19.8 Å². The highest BCUT2D eigenvalue weighted by atomic mass is 19.1. The largest absolute Gasteiger partial charge is 0.486 e. The van der Waals surface area contributed by atoms with E-state index in [1.165, 1.54) is 6.07 Å². The summed E-state index contributed by atoms with van der Waals surface area (Å²) in [5.74, 6) is 0.759. The number of ether oxygens (including phenoxy) is 2. The van der Waals surface area contributed by atoms with Crippen LogP contribution in [0.5, 0.6) is 11.5 Å². The lowest BCUT2D eigenvalue weighted by molar-refractivity contribution is 0.170. The number of aliphatic hydroxyl groups excluding tert-OH is 1. The van der Waals surface area contributed by atoms with Crippen molar-refractivity contribution < 1.29 is 19.0 Å². The van der Waals surface area contributed by atoms with Gasteiger partial charge < -0.3 is 14.6 Å². The highest BCUT2D eigenvalue weighted by Crippen LogP contribution is 2.32. The van der Waals surface area contributed by atoms with Crippen LogP contribution in [-0.2, 0) is 6.42 Å². The van der Waals surface area contributed by atoms with E-state index >= 15 is 0 Å². The van der Waals surface area contributed by atoms with E-state index in [1.54, 1.807) is 6.07 Å². The molecule has 0 amide bonds. The predicted octanol–water partition coefficient (Wildman–Crippen LogP) is 1.52. The molecule has 0 saturated heterocycles. The van der Waals surface area contributed by atoms with Crippen molar-refractivity contribution in [3.05, 3.63) is 23.5 Å². The monoisotopic (exact) mass is 212 g/mol. The molecule has 0 aromatic heterocycles. The fraction of sp³-hybridized carbons (Fsp3) is 0.455. The molecule has 0 fully saturated rings. The topological polar surface area (TPSA) is 38.7 Å². The summed E-state index contributed by atoms with van der Waals surface area (Å²) in [5, 5.41) is 8.68. The first-order chi connectivity index (χ1) is 7.31. The Morgan fingerprint density at radius 2 is 1.87 bits per heavy atom. The number of halogens is 1. The van der Waals surface area contributed by atoms with Crippen LogP contribution in [-0.4, -0.2) is 24.9 Å². The van der Waals surface area contributed by atoms with E-state index in [1.807, 2.05) is 0 Å². The van der Waals surface area contributed by atoms with Gasteiger partial charge in [-0.25, -0.2) is 4.39 Å². The van der Waals surface area contributed by atoms with Crippen molar-refractivity contribution in [1.82, 2.24) is 0 Å². The third-order valence-electron chi connectivity index (χ3n) is 2.32. The summed E-state index contributed by atoms with van der Waals surface area (Å²) < 4.78 is 24.1. The van der Waals surface area contributed by atoms with Gasteiger partial charge in [0.05, 0.1) is 0 Å². The molecule has 3 nitrogen and oxygen atoms in total. The Kier molecular flexibility index (Phi) is 3.06. The van der Waals surface area contributed by atoms with Gasteiger partial charge in [-0.2, -0.15) is 0 Å². The molecule has 1 aromatic rings. The minimum Gasteiger partial charge on any atom is -0.486 e. The lowest BCUT2D eigenvalue weighted by atomic mass is 10.1. The summed E-state index contributed by atoms with van der Waals surface area (Å²) >= 11 is 0. The zero-order valence-corrected chi connectivity index (χ0v) is 8.33. The number of aliphatic hydroxyl groups is 1. The number of hydrogen-bond acceptors (Lipinski definition) is 3. The smallest absolute Gasteiger partial charge is 0.164 e. The fourth-order valence-electron chi connectivity index (χ4n) is 1.57. The Morgan fingerprint density at radius 1 is 1.20 bits per heavy atom. The Morgan fingerprint density at radius 3 is 2.53 bits per heavy atom. The molecule has 0 atom stereocenters. The molecule has 0 radical (unpaired) electrons. The zero-order chi connectivity index (χ0) is 10.7. The highest BCUT2D eigenvalue weighted by Gasteiger charge is 2.15. The van der Waals surface area contributed by atoms with Gasteiger partial charge in [-0.1, -0.05) is 0 Å². The Balaban J connectivity index is 2.24. The summed E-state index contributed by atoms with van der Waals surface area (Å²) in [6.07, 6.45) is 1.07. The van der Waals surface area contributed by atoms with E-state index < -0.39 is 0 Å². The van der Waals surface area contributed by atoms with Gasteiger partial charge in [-0.3, -0.25) is 0 Å². The standard InChI is InChI=1S/C11H13FO3/c12-9-7-11-10(14-4-5-15-11)6-8(9)2-1-3-13/h6-7,13H,1-5H2. The summed E-state index contributed by atoms with van der Waals surface area (Å²) in [7, 11) is 0. The number of fused-ring (bicyclic) bond motifs is 1. The SMILES string of the molecule is OCCCc1cc2c(cc1F)OCCO2. The molecular weight excluding hydrogens is 199 g/mol. The van der Waals surface area contributed by atoms with Crippen LogP contribution in [0.15, 0.2) is 12.1 Å². The van der Waals surface area contributed by atoms with Crippen molar-refractivity contribution in [3.63, 3.8) is 0 Å². The van der Waals surface area contributed by atoms with E-state index in [9.17, 15) is 4.39 Å². The van der Waals surface area contributed by atoms with Gasteiger partial charge in [0, 0.05) is 12.7 Å². The van der Waals surface area contributed by atoms with E-state index in [2.05, 4.69) is 0 Å². The first kappa shape index (κ1) is 10.2. The molecule has 15 heavy (non-hydrogen) atoms. The van der Waals surface area contributed by atoms with Gasteiger partial charge in [0.25, 0.3) is 0 Å². The summed E-state index contributed by atoms with van der Waals surface area (Å²) in [6.45, 7) is 1.02. The van der Waals surface area contributed by atoms with E-state index in [0.717, 1.165) is 0 Å². The number of aryl methyl sites for hydroxylation is 1. The molecule has 1 heterocycles. The Hall–Kier alpha value is -1.29. The maximum absolute atomic E-state index is 13.5. The van der Waals surface area contributed by atoms with Crippen LogP contribution in [0.1, 0.15) is 12.0 Å². The molecule has 0 saturated carbocycles. The Bertz CT molecular complexity index is 352. The molecule has 1 aliphatic rings. The summed E-state index contributed by atoms with van der Waals surface area (Å²) in [6, 6.07) is 3.00. The van der Waals surface area contributed by atoms with E-state index in [4.69, 9.17) is 14.6 Å². The van der Waals surface area contributed by atoms with Crippen molar-refractivity contribution in [2.45, 2.75) is 12.8 Å². The Labute approximate surface area is 87.4 Å². The molecule has 82 valence electrons. The van der Waals surface area contributed by atoms with E-state index in [-0.39, 0.29) is 12.4 Å². The van der Waals surface area contributed by atoms with Gasteiger partial charge in [0.1, 0.15) is 19.0 Å². The lowest BCUT2D eigenvalue weighted by Gasteiger charge is -2.19. The number of benzene rings is 1. The van der Waals surface area contributed by atoms with Crippen molar-refractivity contribution >= 4 is 0 Å². The first-order valence-electron chi connectivity index (χ1n) is 5.00. The van der Waals surface area contributed by atoms with Crippen LogP contribution in [0.3, 0.4) is 0 Å². The maximum Gasteiger partial charge on any atom is 0.164 e. The van der Waals surface area contributed by atoms with Crippen LogP contribution in [0.25, 0.3) is 0 Å². The van der Waals surface area contributed by atoms with Crippen LogP contribution in [0, 0.1) is 5.82 Å². The second-order valence-electron chi connectivity index (χ2n) is 3.41. The van der Waals surface area contributed by atoms with Gasteiger partial charge in [-0.15, -0.1) is 0 Å². The zero-order valence-electron chi connectivity index (χ0n) is 8.33. The molecule has 0 unspecified atom stereocenters. The number of rotatable bonds is 3. The second kappa shape index (κ2) is 4.49. The van der Waals surface area contributed by atoms with Gasteiger partial charge >= 0.3 is 0 Å². The molecule has 4 heteroatoms. The molecule has 0 spiro atoms. The molecule has 0 aliphatic carbocycles. The van der Waals surface area contributed by atoms with Gasteiger partial charge in [-0.05, 0) is 24.5 Å². The molecule has 2 rings (SSSR count). The van der Waals surface area contributed by atoms with Crippen molar-refractivity contribution in [3.8, 4) is 11.5 Å². The van der Waals surface area contributed by atoms with Crippen molar-refractivity contribution in [2.24, 2.45) is 0 Å². The van der Waals surface area contributed by atoms with Crippen molar-refractivity contribution in [1.29, 1.82) is 0 Å². The first-order valence-corrected chi connectivity index (χ1v) is 5.00. The quantitative estimate of drug-likeness (QED) is 0.825. The van der Waals surface area contributed by atoms with Gasteiger partial charge in [0.15, 0.2) is 11.5 Å². The molecule has 1 N–H and O–H groups in total. The van der Waals surface area contributed by atoms with Crippen LogP contribution in [0.4, 0.5) is 4.39 Å². The molecule has 1 aliphatic heterocycles. The second-order valence-corrected chi connectivity index (χ2v) is 3.41. The fourth-order valence-corrected chi connectivity index (χ4v) is 1.57. The minimum atomic E-state index is -0.298. The summed E-state index contributed by atoms with van der Waals surface area (Å²) in [4.78, 5) is 0. The lowest BCUT2D eigenvalue weighted by Crippen LogP contribution is -2.16. The van der Waals surface area contributed by atoms with E-state index in [0.29, 0.717) is 43.1 Å². The highest BCUT2D eigenvalue weighted by molar-refractivity contribution is 5.44. The van der Waals surface area contributed by atoms with Gasteiger partial charge in [0.2, 0.25) is 0 Å². The van der Waals surface area contributed by atoms with Crippen LogP contribution >= 0.6 is 0 Å². The average molecular weight is 212 g/mol. The summed E-state index contributed by atoms with van der Waals surface area (Å²) in [5.41, 5.74) is 0.563. The molecular formula is C11H13FO3. The molecule has 0 bridgehead atoms. The minimum absolute atomic E-state index is 0.0634. The molecule has 1 aromatic carbocycles. The third kappa shape index (κ3) is 2.21. The third-order valence-corrected chi connectivity index (χ3v) is 2.32. The normalized spacial score (nSPS) is 14.0. The maximum atomic E-state index is 13.5. The van der Waals surface area contributed by atoms with Crippen LogP contribution in [0.2, 0.25) is 0 Å². The average Bonchev–Trinajstić information content (AvgIpc) is 2.26. The predicted molar refractivity (Wildman–Crippen MR) is 52.8 cm³/mol. The van der Waals surface area contributed by atoms with Crippen LogP contribution < -0.4 is 9.47 Å². The number of hydrogen-bond donors (Lipinski definition) is 1.